The molecule has 8 heteroatoms. The highest BCUT2D eigenvalue weighted by atomic mass is 16.5. The number of nitrogens with one attached hydrogen (secondary N) is 1. The number of hydrogen-bond acceptors (Lipinski definition) is 8. The first kappa shape index (κ1) is 26.0. The second kappa shape index (κ2) is 10.9. The van der Waals surface area contributed by atoms with Crippen LogP contribution >= 0.6 is 0 Å². The highest BCUT2D eigenvalue weighted by Crippen LogP contribution is 2.49. The van der Waals surface area contributed by atoms with Gasteiger partial charge in [0.15, 0.2) is 5.78 Å². The molecule has 0 spiro atoms. The van der Waals surface area contributed by atoms with Gasteiger partial charge in [-0.25, -0.2) is 4.79 Å². The molecule has 0 fully saturated rings. The average Bonchev–Trinajstić information content (AvgIpc) is 2.92. The lowest BCUT2D eigenvalue weighted by Gasteiger charge is -2.39. The smallest absolute Gasteiger partial charge is 0.336 e. The number of carbonyl (C=O) groups excluding carboxylic acids is 3. The summed E-state index contributed by atoms with van der Waals surface area (Å²) >= 11 is 0. The molecule has 0 bridgehead atoms. The zero-order valence-electron chi connectivity index (χ0n) is 21.6. The molecule has 1 heterocycles. The lowest BCUT2D eigenvalue weighted by atomic mass is 9.67. The molecule has 1 aliphatic heterocycles. The molecule has 3 unspecified atom stereocenters. The number of rotatable bonds is 7. The Balaban J connectivity index is 1.92. The molecule has 2 aliphatic rings. The SMILES string of the molecule is CCOc1ccccc1C1C(C(=O)OC)=C(C)NC2=C1C(=O)C(C(=O)OC)C(c1ccc(OC)cc1)C2. The third kappa shape index (κ3) is 4.71. The minimum atomic E-state index is -1.09. The predicted molar refractivity (Wildman–Crippen MR) is 136 cm³/mol. The number of benzene rings is 2. The molecule has 0 saturated carbocycles. The third-order valence-corrected chi connectivity index (χ3v) is 6.95. The van der Waals surface area contributed by atoms with Crippen LogP contribution in [0.15, 0.2) is 71.1 Å². The van der Waals surface area contributed by atoms with E-state index in [-0.39, 0.29) is 0 Å². The Bertz CT molecular complexity index is 1280. The van der Waals surface area contributed by atoms with Crippen molar-refractivity contribution in [2.75, 3.05) is 27.9 Å². The fraction of sp³-hybridized carbons (Fsp3) is 0.345. The molecular formula is C29H31NO7. The molecule has 8 nitrogen and oxygen atoms in total. The number of hydrogen-bond donors (Lipinski definition) is 1. The predicted octanol–water partition coefficient (Wildman–Crippen LogP) is 4.03. The first-order valence-corrected chi connectivity index (χ1v) is 12.1. The topological polar surface area (TPSA) is 100 Å². The second-order valence-electron chi connectivity index (χ2n) is 8.90. The fourth-order valence-corrected chi connectivity index (χ4v) is 5.29. The maximum atomic E-state index is 14.2. The zero-order valence-corrected chi connectivity index (χ0v) is 21.6. The third-order valence-electron chi connectivity index (χ3n) is 6.95. The number of para-hydroxylation sites is 1. The van der Waals surface area contributed by atoms with Crippen LogP contribution < -0.4 is 14.8 Å². The van der Waals surface area contributed by atoms with Gasteiger partial charge in [-0.2, -0.15) is 0 Å². The summed E-state index contributed by atoms with van der Waals surface area (Å²) in [5.74, 6) is -2.68. The summed E-state index contributed by atoms with van der Waals surface area (Å²) < 4.78 is 21.4. The molecule has 1 N–H and O–H groups in total. The van der Waals surface area contributed by atoms with Gasteiger partial charge in [0.25, 0.3) is 0 Å². The Hall–Kier alpha value is -4.07. The quantitative estimate of drug-likeness (QED) is 0.445. The highest BCUT2D eigenvalue weighted by Gasteiger charge is 2.49. The van der Waals surface area contributed by atoms with Gasteiger partial charge in [0.2, 0.25) is 0 Å². The lowest BCUT2D eigenvalue weighted by Crippen LogP contribution is -2.43. The lowest BCUT2D eigenvalue weighted by molar-refractivity contribution is -0.150. The molecule has 3 atom stereocenters. The monoisotopic (exact) mass is 505 g/mol. The number of ketones is 1. The van der Waals surface area contributed by atoms with Crippen molar-refractivity contribution in [3.05, 3.63) is 82.2 Å². The molecular weight excluding hydrogens is 474 g/mol. The van der Waals surface area contributed by atoms with E-state index in [9.17, 15) is 14.4 Å². The second-order valence-corrected chi connectivity index (χ2v) is 8.90. The van der Waals surface area contributed by atoms with Crippen LogP contribution in [0.2, 0.25) is 0 Å². The Morgan fingerprint density at radius 2 is 1.70 bits per heavy atom. The molecule has 2 aromatic rings. The Morgan fingerprint density at radius 3 is 2.32 bits per heavy atom. The van der Waals surface area contributed by atoms with Crippen molar-refractivity contribution < 1.29 is 33.3 Å². The fourth-order valence-electron chi connectivity index (χ4n) is 5.29. The van der Waals surface area contributed by atoms with E-state index in [1.807, 2.05) is 37.3 Å². The Labute approximate surface area is 216 Å². The average molecular weight is 506 g/mol. The number of esters is 2. The molecule has 4 rings (SSSR count). The molecule has 0 saturated heterocycles. The van der Waals surface area contributed by atoms with Crippen molar-refractivity contribution in [1.82, 2.24) is 5.32 Å². The summed E-state index contributed by atoms with van der Waals surface area (Å²) in [6, 6.07) is 14.6. The summed E-state index contributed by atoms with van der Waals surface area (Å²) in [6.45, 7) is 4.05. The van der Waals surface area contributed by atoms with Gasteiger partial charge < -0.3 is 24.3 Å². The summed E-state index contributed by atoms with van der Waals surface area (Å²) in [5, 5.41) is 3.28. The van der Waals surface area contributed by atoms with Crippen LogP contribution in [0.3, 0.4) is 0 Å². The van der Waals surface area contributed by atoms with Crippen molar-refractivity contribution in [3.63, 3.8) is 0 Å². The highest BCUT2D eigenvalue weighted by molar-refractivity contribution is 6.13. The van der Waals surface area contributed by atoms with Crippen LogP contribution in [0.25, 0.3) is 0 Å². The van der Waals surface area contributed by atoms with Crippen LogP contribution in [0, 0.1) is 5.92 Å². The molecule has 0 amide bonds. The maximum absolute atomic E-state index is 14.2. The standard InChI is InChI=1S/C29H31NO7/c1-6-37-22-10-8-7-9-19(22)24-23(28(32)35-4)16(2)30-21-15-20(17-11-13-18(34-3)14-12-17)25(29(33)36-5)27(31)26(21)24/h7-14,20,24-25,30H,6,15H2,1-5H3. The normalized spacial score (nSPS) is 21.1. The molecule has 0 radical (unpaired) electrons. The first-order chi connectivity index (χ1) is 17.9. The van der Waals surface area contributed by atoms with Crippen molar-refractivity contribution in [1.29, 1.82) is 0 Å². The van der Waals surface area contributed by atoms with Gasteiger partial charge in [-0.15, -0.1) is 0 Å². The maximum Gasteiger partial charge on any atom is 0.336 e. The summed E-state index contributed by atoms with van der Waals surface area (Å²) in [4.78, 5) is 40.3. The van der Waals surface area contributed by atoms with E-state index in [1.54, 1.807) is 32.2 Å². The van der Waals surface area contributed by atoms with Crippen LogP contribution in [-0.2, 0) is 23.9 Å². The van der Waals surface area contributed by atoms with E-state index in [0.717, 1.165) is 5.56 Å². The largest absolute Gasteiger partial charge is 0.497 e. The van der Waals surface area contributed by atoms with E-state index < -0.39 is 35.5 Å². The number of methoxy groups -OCH3 is 3. The molecule has 1 aliphatic carbocycles. The van der Waals surface area contributed by atoms with Crippen molar-refractivity contribution in [2.24, 2.45) is 5.92 Å². The minimum absolute atomic E-state index is 0.299. The Morgan fingerprint density at radius 1 is 1.00 bits per heavy atom. The number of Topliss-reactive ketones (excluding diaryl/α,β-unsaturated/α-hetero) is 1. The van der Waals surface area contributed by atoms with Crippen LogP contribution in [0.4, 0.5) is 0 Å². The van der Waals surface area contributed by atoms with Crippen LogP contribution in [-0.4, -0.2) is 45.7 Å². The number of dihydropyridines is 1. The Kier molecular flexibility index (Phi) is 7.66. The number of ether oxygens (including phenoxy) is 4. The van der Waals surface area contributed by atoms with Gasteiger partial charge in [0, 0.05) is 28.4 Å². The summed E-state index contributed by atoms with van der Waals surface area (Å²) in [7, 11) is 4.15. The molecule has 0 aromatic heterocycles. The zero-order chi connectivity index (χ0) is 26.7. The van der Waals surface area contributed by atoms with Gasteiger partial charge in [-0.05, 0) is 44.0 Å². The summed E-state index contributed by atoms with van der Waals surface area (Å²) in [5.41, 5.74) is 3.35. The number of allylic oxidation sites excluding steroid dienone is 3. The molecule has 2 aromatic carbocycles. The van der Waals surface area contributed by atoms with E-state index >= 15 is 0 Å². The van der Waals surface area contributed by atoms with E-state index in [1.165, 1.54) is 14.2 Å². The van der Waals surface area contributed by atoms with Crippen molar-refractivity contribution >= 4 is 17.7 Å². The van der Waals surface area contributed by atoms with Gasteiger partial charge >= 0.3 is 11.9 Å². The van der Waals surface area contributed by atoms with E-state index in [0.29, 0.717) is 52.6 Å². The van der Waals surface area contributed by atoms with Crippen LogP contribution in [0.1, 0.15) is 43.2 Å². The summed E-state index contributed by atoms with van der Waals surface area (Å²) in [6.07, 6.45) is 0.367. The van der Waals surface area contributed by atoms with Gasteiger partial charge in [-0.1, -0.05) is 30.3 Å². The van der Waals surface area contributed by atoms with E-state index in [4.69, 9.17) is 18.9 Å². The van der Waals surface area contributed by atoms with E-state index in [2.05, 4.69) is 5.32 Å². The van der Waals surface area contributed by atoms with Gasteiger partial charge in [0.05, 0.1) is 39.4 Å². The van der Waals surface area contributed by atoms with Crippen molar-refractivity contribution in [3.8, 4) is 11.5 Å². The van der Waals surface area contributed by atoms with Gasteiger partial charge in [0.1, 0.15) is 17.4 Å². The van der Waals surface area contributed by atoms with Crippen molar-refractivity contribution in [2.45, 2.75) is 32.1 Å². The molecule has 37 heavy (non-hydrogen) atoms. The first-order valence-electron chi connectivity index (χ1n) is 12.1. The minimum Gasteiger partial charge on any atom is -0.497 e. The van der Waals surface area contributed by atoms with Gasteiger partial charge in [-0.3, -0.25) is 9.59 Å². The molecule has 194 valence electrons. The number of carbonyl (C=O) groups is 3. The van der Waals surface area contributed by atoms with Crippen LogP contribution in [0.5, 0.6) is 11.5 Å².